The zero-order valence-corrected chi connectivity index (χ0v) is 13.4. The smallest absolute Gasteiger partial charge is 0.408 e. The van der Waals surface area contributed by atoms with Gasteiger partial charge in [-0.3, -0.25) is 0 Å². The van der Waals surface area contributed by atoms with Crippen molar-refractivity contribution < 1.29 is 18.6 Å². The van der Waals surface area contributed by atoms with Gasteiger partial charge in [0.1, 0.15) is 0 Å². The third kappa shape index (κ3) is 3.52. The van der Waals surface area contributed by atoms with Crippen LogP contribution >= 0.6 is 25.3 Å². The van der Waals surface area contributed by atoms with Crippen molar-refractivity contribution in [2.45, 2.75) is 49.5 Å². The zero-order valence-electron chi connectivity index (χ0n) is 11.6. The van der Waals surface area contributed by atoms with Gasteiger partial charge in [-0.1, -0.05) is 25.7 Å². The molecule has 2 atom stereocenters. The van der Waals surface area contributed by atoms with E-state index in [0.29, 0.717) is 24.8 Å². The van der Waals surface area contributed by atoms with Crippen LogP contribution in [-0.2, 0) is 18.6 Å². The lowest BCUT2D eigenvalue weighted by atomic mass is 9.56. The Kier molecular flexibility index (Phi) is 5.67. The lowest BCUT2D eigenvalue weighted by Crippen LogP contribution is -2.31. The van der Waals surface area contributed by atoms with Crippen molar-refractivity contribution in [3.63, 3.8) is 0 Å². The van der Waals surface area contributed by atoms with E-state index < -0.39 is 0 Å². The van der Waals surface area contributed by atoms with Crippen molar-refractivity contribution in [1.82, 2.24) is 0 Å². The van der Waals surface area contributed by atoms with Gasteiger partial charge in [0.15, 0.2) is 0 Å². The van der Waals surface area contributed by atoms with Crippen LogP contribution in [0.25, 0.3) is 0 Å². The van der Waals surface area contributed by atoms with Gasteiger partial charge in [0, 0.05) is 11.5 Å². The van der Waals surface area contributed by atoms with Crippen molar-refractivity contribution in [2.24, 2.45) is 0 Å². The molecule has 0 aromatic carbocycles. The molecule has 1 saturated carbocycles. The Labute approximate surface area is 132 Å². The molecule has 8 heteroatoms. The lowest BCUT2D eigenvalue weighted by molar-refractivity contribution is 0.251. The van der Waals surface area contributed by atoms with Crippen molar-refractivity contribution in [1.29, 1.82) is 0 Å². The van der Waals surface area contributed by atoms with E-state index in [1.807, 2.05) is 0 Å². The first-order chi connectivity index (χ1) is 9.80. The van der Waals surface area contributed by atoms with Crippen LogP contribution in [0.1, 0.15) is 25.7 Å². The Balaban J connectivity index is 1.43. The summed E-state index contributed by atoms with van der Waals surface area (Å²) in [6, 6.07) is 0. The summed E-state index contributed by atoms with van der Waals surface area (Å²) >= 11 is 8.53. The molecule has 2 saturated heterocycles. The molecular formula is C12H22B2O4S2. The van der Waals surface area contributed by atoms with Crippen LogP contribution in [0.3, 0.4) is 0 Å². The van der Waals surface area contributed by atoms with E-state index in [-0.39, 0.29) is 26.4 Å². The monoisotopic (exact) mass is 316 g/mol. The van der Waals surface area contributed by atoms with E-state index in [0.717, 1.165) is 37.2 Å². The summed E-state index contributed by atoms with van der Waals surface area (Å²) < 4.78 is 23.2. The normalized spacial score (nSPS) is 38.7. The SMILES string of the molecule is SCC1COB(C2CCC(B3OCC(CS)O3)CC2)O1. The molecule has 0 bridgehead atoms. The average Bonchev–Trinajstić information content (AvgIpc) is 3.16. The van der Waals surface area contributed by atoms with Crippen molar-refractivity contribution in [3.05, 3.63) is 0 Å². The maximum Gasteiger partial charge on any atom is 0.460 e. The molecule has 0 radical (unpaired) electrons. The van der Waals surface area contributed by atoms with Gasteiger partial charge in [0.25, 0.3) is 0 Å². The Morgan fingerprint density at radius 1 is 0.750 bits per heavy atom. The standard InChI is InChI=1S/C12H22B2O4S2/c19-7-11-5-15-13(17-11)9-1-2-10(4-3-9)14-16-6-12(8-20)18-14/h9-12,19-20H,1-8H2. The van der Waals surface area contributed by atoms with Gasteiger partial charge in [0.05, 0.1) is 25.4 Å². The summed E-state index contributed by atoms with van der Waals surface area (Å²) in [5.41, 5.74) is 0. The summed E-state index contributed by atoms with van der Waals surface area (Å²) in [5, 5.41) is 0. The van der Waals surface area contributed by atoms with Crippen LogP contribution in [0, 0.1) is 0 Å². The summed E-state index contributed by atoms with van der Waals surface area (Å²) in [6.07, 6.45) is 4.84. The van der Waals surface area contributed by atoms with Gasteiger partial charge in [-0.25, -0.2) is 0 Å². The second kappa shape index (κ2) is 7.29. The molecule has 4 nitrogen and oxygen atoms in total. The Hall–Kier alpha value is 0.670. The predicted octanol–water partition coefficient (Wildman–Crippen LogP) is 1.97. The number of rotatable bonds is 4. The van der Waals surface area contributed by atoms with Gasteiger partial charge in [-0.05, 0) is 11.6 Å². The molecule has 0 spiro atoms. The fourth-order valence-corrected chi connectivity index (χ4v) is 3.70. The predicted molar refractivity (Wildman–Crippen MR) is 86.8 cm³/mol. The number of thiol groups is 2. The first kappa shape index (κ1) is 15.6. The molecule has 0 N–H and O–H groups in total. The van der Waals surface area contributed by atoms with E-state index in [1.54, 1.807) is 0 Å². The van der Waals surface area contributed by atoms with Gasteiger partial charge in [0.2, 0.25) is 0 Å². The van der Waals surface area contributed by atoms with Gasteiger partial charge in [-0.15, -0.1) is 0 Å². The van der Waals surface area contributed by atoms with Crippen LogP contribution in [0.4, 0.5) is 0 Å². The molecule has 3 aliphatic rings. The molecular weight excluding hydrogens is 294 g/mol. The van der Waals surface area contributed by atoms with Crippen molar-refractivity contribution in [2.75, 3.05) is 24.7 Å². The van der Waals surface area contributed by atoms with Gasteiger partial charge in [-0.2, -0.15) is 25.3 Å². The van der Waals surface area contributed by atoms with Crippen LogP contribution in [-0.4, -0.2) is 51.2 Å². The molecule has 0 aromatic rings. The van der Waals surface area contributed by atoms with Crippen LogP contribution in [0.5, 0.6) is 0 Å². The highest BCUT2D eigenvalue weighted by atomic mass is 32.1. The van der Waals surface area contributed by atoms with Crippen LogP contribution in [0.15, 0.2) is 0 Å². The van der Waals surface area contributed by atoms with Crippen molar-refractivity contribution in [3.8, 4) is 0 Å². The van der Waals surface area contributed by atoms with Gasteiger partial charge < -0.3 is 18.6 Å². The first-order valence-electron chi connectivity index (χ1n) is 7.56. The Morgan fingerprint density at radius 3 is 1.45 bits per heavy atom. The molecule has 112 valence electrons. The quantitative estimate of drug-likeness (QED) is 0.614. The molecule has 0 aromatic heterocycles. The Bertz CT molecular complexity index is 288. The van der Waals surface area contributed by atoms with E-state index in [1.165, 1.54) is 0 Å². The molecule has 2 aliphatic heterocycles. The second-order valence-corrected chi connectivity index (χ2v) is 6.69. The minimum absolute atomic E-state index is 0.0243. The molecule has 0 amide bonds. The summed E-state index contributed by atoms with van der Waals surface area (Å²) in [6.45, 7) is 1.37. The van der Waals surface area contributed by atoms with Gasteiger partial charge >= 0.3 is 14.2 Å². The van der Waals surface area contributed by atoms with E-state index in [2.05, 4.69) is 25.3 Å². The van der Waals surface area contributed by atoms with Crippen LogP contribution < -0.4 is 0 Å². The summed E-state index contributed by atoms with van der Waals surface area (Å²) in [5.74, 6) is 2.50. The summed E-state index contributed by atoms with van der Waals surface area (Å²) in [4.78, 5) is 0. The van der Waals surface area contributed by atoms with Crippen LogP contribution in [0.2, 0.25) is 11.6 Å². The molecule has 3 fully saturated rings. The molecule has 2 unspecified atom stereocenters. The maximum atomic E-state index is 5.87. The highest BCUT2D eigenvalue weighted by Gasteiger charge is 2.44. The molecule has 1 aliphatic carbocycles. The van der Waals surface area contributed by atoms with E-state index in [4.69, 9.17) is 18.6 Å². The van der Waals surface area contributed by atoms with Crippen molar-refractivity contribution >= 4 is 39.5 Å². The topological polar surface area (TPSA) is 36.9 Å². The molecule has 20 heavy (non-hydrogen) atoms. The highest BCUT2D eigenvalue weighted by Crippen LogP contribution is 2.42. The lowest BCUT2D eigenvalue weighted by Gasteiger charge is -2.29. The minimum Gasteiger partial charge on any atom is -0.408 e. The van der Waals surface area contributed by atoms with E-state index >= 15 is 0 Å². The fraction of sp³-hybridized carbons (Fsp3) is 1.00. The van der Waals surface area contributed by atoms with E-state index in [9.17, 15) is 0 Å². The number of hydrogen-bond acceptors (Lipinski definition) is 6. The maximum absolute atomic E-state index is 5.87. The average molecular weight is 316 g/mol. The third-order valence-corrected chi connectivity index (χ3v) is 5.35. The highest BCUT2D eigenvalue weighted by molar-refractivity contribution is 7.80. The molecule has 3 rings (SSSR count). The largest absolute Gasteiger partial charge is 0.460 e. The first-order valence-corrected chi connectivity index (χ1v) is 8.82. The minimum atomic E-state index is -0.0243. The summed E-state index contributed by atoms with van der Waals surface area (Å²) in [7, 11) is -0.0487. The Morgan fingerprint density at radius 2 is 1.15 bits per heavy atom. The second-order valence-electron chi connectivity index (χ2n) is 5.96. The number of hydrogen-bond donors (Lipinski definition) is 2. The fourth-order valence-electron chi connectivity index (χ4n) is 3.32. The zero-order chi connectivity index (χ0) is 13.9. The molecule has 2 heterocycles. The third-order valence-electron chi connectivity index (χ3n) is 4.54.